The maximum absolute atomic E-state index is 10.4. The molecule has 0 aliphatic carbocycles. The van der Waals surface area contributed by atoms with Crippen LogP contribution >= 0.6 is 0 Å². The summed E-state index contributed by atoms with van der Waals surface area (Å²) in [5.74, 6) is 0. The molecule has 3 aromatic carbocycles. The second-order valence-electron chi connectivity index (χ2n) is 9.00. The van der Waals surface area contributed by atoms with Crippen LogP contribution in [-0.4, -0.2) is 36.2 Å². The van der Waals surface area contributed by atoms with Gasteiger partial charge in [-0.25, -0.2) is 0 Å². The number of aliphatic hydroxyl groups is 1. The van der Waals surface area contributed by atoms with Crippen LogP contribution in [0.5, 0.6) is 0 Å². The molecule has 3 heteroatoms. The SMILES string of the molecule is N#CC(CCCN1CCC(CO)(c2ccccc2)CC1)(c1ccccc1)c1ccccc1. The minimum absolute atomic E-state index is 0.123. The van der Waals surface area contributed by atoms with E-state index in [1.165, 1.54) is 5.56 Å². The van der Waals surface area contributed by atoms with Crippen molar-refractivity contribution in [1.82, 2.24) is 4.90 Å². The molecule has 4 rings (SSSR count). The summed E-state index contributed by atoms with van der Waals surface area (Å²) in [5, 5.41) is 20.5. The molecule has 1 aliphatic heterocycles. The molecule has 1 N–H and O–H groups in total. The Kier molecular flexibility index (Phi) is 7.05. The van der Waals surface area contributed by atoms with E-state index in [4.69, 9.17) is 0 Å². The maximum atomic E-state index is 10.4. The average Bonchev–Trinajstić information content (AvgIpc) is 2.89. The first-order valence-electron chi connectivity index (χ1n) is 11.6. The highest BCUT2D eigenvalue weighted by molar-refractivity contribution is 5.45. The lowest BCUT2D eigenvalue weighted by atomic mass is 9.72. The summed E-state index contributed by atoms with van der Waals surface area (Å²) in [6.45, 7) is 3.13. The summed E-state index contributed by atoms with van der Waals surface area (Å²) >= 11 is 0. The predicted molar refractivity (Wildman–Crippen MR) is 129 cm³/mol. The fourth-order valence-corrected chi connectivity index (χ4v) is 5.19. The smallest absolute Gasteiger partial charge is 0.107 e. The summed E-state index contributed by atoms with van der Waals surface area (Å²) in [6, 6.07) is 33.5. The Bertz CT molecular complexity index is 964. The average molecular weight is 425 g/mol. The van der Waals surface area contributed by atoms with Crippen molar-refractivity contribution in [3.05, 3.63) is 108 Å². The molecule has 164 valence electrons. The van der Waals surface area contributed by atoms with Gasteiger partial charge >= 0.3 is 0 Å². The maximum Gasteiger partial charge on any atom is 0.107 e. The standard InChI is InChI=1S/C29H32N2O/c30-23-29(26-13-6-2-7-14-26,27-15-8-3-9-16-27)17-10-20-31-21-18-28(24-32,19-22-31)25-11-4-1-5-12-25/h1-9,11-16,32H,10,17-22,24H2. The van der Waals surface area contributed by atoms with E-state index in [0.29, 0.717) is 0 Å². The van der Waals surface area contributed by atoms with Crippen LogP contribution in [0.3, 0.4) is 0 Å². The number of piperidine rings is 1. The van der Waals surface area contributed by atoms with Gasteiger partial charge in [0.1, 0.15) is 5.41 Å². The van der Waals surface area contributed by atoms with Gasteiger partial charge in [-0.2, -0.15) is 5.26 Å². The number of nitrogens with zero attached hydrogens (tertiary/aromatic N) is 2. The van der Waals surface area contributed by atoms with E-state index >= 15 is 0 Å². The molecule has 0 unspecified atom stereocenters. The van der Waals surface area contributed by atoms with E-state index in [1.54, 1.807) is 0 Å². The Labute approximate surface area is 192 Å². The summed E-state index contributed by atoms with van der Waals surface area (Å²) in [7, 11) is 0. The van der Waals surface area contributed by atoms with Crippen LogP contribution < -0.4 is 0 Å². The third kappa shape index (κ3) is 4.48. The molecule has 0 radical (unpaired) electrons. The quantitative estimate of drug-likeness (QED) is 0.534. The number of hydrogen-bond donors (Lipinski definition) is 1. The van der Waals surface area contributed by atoms with Crippen LogP contribution in [0.15, 0.2) is 91.0 Å². The molecule has 1 saturated heterocycles. The van der Waals surface area contributed by atoms with Gasteiger partial charge < -0.3 is 10.0 Å². The first-order valence-corrected chi connectivity index (χ1v) is 11.6. The van der Waals surface area contributed by atoms with Crippen molar-refractivity contribution in [1.29, 1.82) is 5.26 Å². The van der Waals surface area contributed by atoms with E-state index in [1.807, 2.05) is 42.5 Å². The second-order valence-corrected chi connectivity index (χ2v) is 9.00. The Morgan fingerprint density at radius 1 is 0.812 bits per heavy atom. The number of likely N-dealkylation sites (tertiary alicyclic amines) is 1. The van der Waals surface area contributed by atoms with E-state index in [2.05, 4.69) is 59.5 Å². The van der Waals surface area contributed by atoms with Gasteiger partial charge in [-0.15, -0.1) is 0 Å². The van der Waals surface area contributed by atoms with Gasteiger partial charge in [0.05, 0.1) is 12.7 Å². The van der Waals surface area contributed by atoms with E-state index in [9.17, 15) is 10.4 Å². The van der Waals surface area contributed by atoms with E-state index in [-0.39, 0.29) is 12.0 Å². The van der Waals surface area contributed by atoms with E-state index in [0.717, 1.165) is 56.4 Å². The van der Waals surface area contributed by atoms with Crippen LogP contribution in [0.25, 0.3) is 0 Å². The fourth-order valence-electron chi connectivity index (χ4n) is 5.19. The van der Waals surface area contributed by atoms with Crippen LogP contribution in [0.1, 0.15) is 42.4 Å². The third-order valence-electron chi connectivity index (χ3n) is 7.25. The van der Waals surface area contributed by atoms with Crippen molar-refractivity contribution in [2.24, 2.45) is 0 Å². The normalized spacial score (nSPS) is 16.4. The Balaban J connectivity index is 1.43. The lowest BCUT2D eigenvalue weighted by Gasteiger charge is -2.41. The highest BCUT2D eigenvalue weighted by atomic mass is 16.3. The molecule has 3 nitrogen and oxygen atoms in total. The topological polar surface area (TPSA) is 47.3 Å². The molecular weight excluding hydrogens is 392 g/mol. The minimum Gasteiger partial charge on any atom is -0.395 e. The lowest BCUT2D eigenvalue weighted by Crippen LogP contribution is -2.45. The van der Waals surface area contributed by atoms with Crippen LogP contribution in [-0.2, 0) is 10.8 Å². The number of aliphatic hydroxyl groups excluding tert-OH is 1. The highest BCUT2D eigenvalue weighted by Crippen LogP contribution is 2.38. The van der Waals surface area contributed by atoms with Gasteiger partial charge in [-0.05, 0) is 62.0 Å². The van der Waals surface area contributed by atoms with Gasteiger partial charge in [0, 0.05) is 5.41 Å². The van der Waals surface area contributed by atoms with Crippen molar-refractivity contribution in [3.63, 3.8) is 0 Å². The second kappa shape index (κ2) is 10.1. The molecule has 0 amide bonds. The zero-order valence-electron chi connectivity index (χ0n) is 18.7. The Hall–Kier alpha value is -2.93. The molecule has 0 bridgehead atoms. The highest BCUT2D eigenvalue weighted by Gasteiger charge is 2.37. The zero-order valence-corrected chi connectivity index (χ0v) is 18.7. The number of nitriles is 1. The molecule has 0 spiro atoms. The molecule has 0 atom stereocenters. The predicted octanol–water partition coefficient (Wildman–Crippen LogP) is 5.30. The zero-order chi connectivity index (χ0) is 22.3. The van der Waals surface area contributed by atoms with Gasteiger partial charge in [0.25, 0.3) is 0 Å². The molecule has 1 aliphatic rings. The molecule has 3 aromatic rings. The third-order valence-corrected chi connectivity index (χ3v) is 7.25. The molecule has 0 aromatic heterocycles. The first-order chi connectivity index (χ1) is 15.7. The van der Waals surface area contributed by atoms with Crippen LogP contribution in [0.4, 0.5) is 0 Å². The first kappa shape index (κ1) is 22.3. The van der Waals surface area contributed by atoms with Gasteiger partial charge in [0.15, 0.2) is 0 Å². The largest absolute Gasteiger partial charge is 0.395 e. The monoisotopic (exact) mass is 424 g/mol. The lowest BCUT2D eigenvalue weighted by molar-refractivity contribution is 0.0996. The summed E-state index contributed by atoms with van der Waals surface area (Å²) in [4.78, 5) is 2.50. The molecular formula is C29H32N2O. The Morgan fingerprint density at radius 2 is 1.31 bits per heavy atom. The number of benzene rings is 3. The number of hydrogen-bond acceptors (Lipinski definition) is 3. The molecule has 0 saturated carbocycles. The van der Waals surface area contributed by atoms with Crippen LogP contribution in [0, 0.1) is 11.3 Å². The minimum atomic E-state index is -0.628. The van der Waals surface area contributed by atoms with Gasteiger partial charge in [-0.3, -0.25) is 0 Å². The molecule has 1 heterocycles. The van der Waals surface area contributed by atoms with Gasteiger partial charge in [-0.1, -0.05) is 91.0 Å². The Morgan fingerprint density at radius 3 is 1.78 bits per heavy atom. The summed E-state index contributed by atoms with van der Waals surface area (Å²) in [5.41, 5.74) is 2.63. The molecule has 32 heavy (non-hydrogen) atoms. The summed E-state index contributed by atoms with van der Waals surface area (Å²) < 4.78 is 0. The van der Waals surface area contributed by atoms with Crippen molar-refractivity contribution in [3.8, 4) is 6.07 Å². The van der Waals surface area contributed by atoms with E-state index < -0.39 is 5.41 Å². The molecule has 1 fully saturated rings. The van der Waals surface area contributed by atoms with Crippen molar-refractivity contribution < 1.29 is 5.11 Å². The van der Waals surface area contributed by atoms with Crippen molar-refractivity contribution >= 4 is 0 Å². The van der Waals surface area contributed by atoms with Crippen molar-refractivity contribution in [2.75, 3.05) is 26.2 Å². The summed E-state index contributed by atoms with van der Waals surface area (Å²) in [6.07, 6.45) is 3.68. The van der Waals surface area contributed by atoms with Crippen LogP contribution in [0.2, 0.25) is 0 Å². The van der Waals surface area contributed by atoms with Crippen molar-refractivity contribution in [2.45, 2.75) is 36.5 Å². The number of rotatable bonds is 8. The van der Waals surface area contributed by atoms with Gasteiger partial charge in [0.2, 0.25) is 0 Å². The fraction of sp³-hybridized carbons (Fsp3) is 0.345.